The Kier molecular flexibility index (Phi) is 6.45. The summed E-state index contributed by atoms with van der Waals surface area (Å²) in [5, 5.41) is 5.98. The lowest BCUT2D eigenvalue weighted by molar-refractivity contribution is -0.122. The van der Waals surface area contributed by atoms with Crippen molar-refractivity contribution in [1.82, 2.24) is 10.3 Å². The van der Waals surface area contributed by atoms with Crippen molar-refractivity contribution in [3.05, 3.63) is 16.6 Å². The van der Waals surface area contributed by atoms with Gasteiger partial charge in [-0.25, -0.2) is 4.98 Å². The van der Waals surface area contributed by atoms with E-state index in [-0.39, 0.29) is 17.4 Å². The highest BCUT2D eigenvalue weighted by Crippen LogP contribution is 2.26. The number of nitrogens with two attached hydrogens (primary N) is 1. The molecule has 1 heterocycles. The van der Waals surface area contributed by atoms with Crippen molar-refractivity contribution in [3.8, 4) is 0 Å². The van der Waals surface area contributed by atoms with E-state index in [1.54, 1.807) is 17.5 Å². The van der Waals surface area contributed by atoms with Crippen LogP contribution in [0.25, 0.3) is 0 Å². The fourth-order valence-electron chi connectivity index (χ4n) is 1.98. The van der Waals surface area contributed by atoms with E-state index in [0.29, 0.717) is 13.0 Å². The second kappa shape index (κ2) is 7.60. The topological polar surface area (TPSA) is 68.0 Å². The van der Waals surface area contributed by atoms with Crippen molar-refractivity contribution in [2.45, 2.75) is 52.5 Å². The molecule has 0 saturated carbocycles. The van der Waals surface area contributed by atoms with E-state index in [1.807, 2.05) is 5.38 Å². The van der Waals surface area contributed by atoms with Crippen LogP contribution in [0.2, 0.25) is 0 Å². The summed E-state index contributed by atoms with van der Waals surface area (Å²) in [4.78, 5) is 16.3. The van der Waals surface area contributed by atoms with Crippen LogP contribution in [0.3, 0.4) is 0 Å². The van der Waals surface area contributed by atoms with Crippen molar-refractivity contribution in [2.75, 3.05) is 6.54 Å². The van der Waals surface area contributed by atoms with Crippen molar-refractivity contribution in [2.24, 2.45) is 11.1 Å². The van der Waals surface area contributed by atoms with Crippen molar-refractivity contribution in [3.63, 3.8) is 0 Å². The molecule has 1 aromatic heterocycles. The average Bonchev–Trinajstić information content (AvgIpc) is 2.87. The van der Waals surface area contributed by atoms with Gasteiger partial charge in [0.25, 0.3) is 0 Å². The Morgan fingerprint density at radius 1 is 1.53 bits per heavy atom. The zero-order valence-corrected chi connectivity index (χ0v) is 12.9. The maximum atomic E-state index is 12.0. The molecule has 1 amide bonds. The van der Waals surface area contributed by atoms with Gasteiger partial charge in [0.2, 0.25) is 5.91 Å². The fraction of sp³-hybridized carbons (Fsp3) is 0.714. The molecular formula is C14H25N3OS. The number of carbonyl (C=O) groups excluding carboxylic acids is 1. The minimum Gasteiger partial charge on any atom is -0.347 e. The van der Waals surface area contributed by atoms with Gasteiger partial charge >= 0.3 is 0 Å². The number of hydrogen-bond donors (Lipinski definition) is 2. The van der Waals surface area contributed by atoms with E-state index in [4.69, 9.17) is 5.73 Å². The average molecular weight is 283 g/mol. The molecule has 1 aromatic rings. The van der Waals surface area contributed by atoms with Crippen LogP contribution in [0.15, 0.2) is 11.6 Å². The number of nitrogens with one attached hydrogen (secondary N) is 1. The first-order valence-electron chi connectivity index (χ1n) is 6.87. The number of nitrogens with zero attached hydrogens (tertiary/aromatic N) is 1. The van der Waals surface area contributed by atoms with Gasteiger partial charge in [-0.05, 0) is 31.2 Å². The smallest absolute Gasteiger partial charge is 0.220 e. The largest absolute Gasteiger partial charge is 0.347 e. The zero-order chi connectivity index (χ0) is 14.3. The van der Waals surface area contributed by atoms with Gasteiger partial charge in [-0.2, -0.15) is 0 Å². The molecule has 1 atom stereocenters. The monoisotopic (exact) mass is 283 g/mol. The Balaban J connectivity index is 2.42. The molecule has 4 nitrogen and oxygen atoms in total. The Labute approximate surface area is 119 Å². The van der Waals surface area contributed by atoms with E-state index in [9.17, 15) is 4.79 Å². The van der Waals surface area contributed by atoms with Crippen LogP contribution in [0.1, 0.15) is 57.5 Å². The molecule has 108 valence electrons. The summed E-state index contributed by atoms with van der Waals surface area (Å²) in [7, 11) is 0. The van der Waals surface area contributed by atoms with Gasteiger partial charge < -0.3 is 11.1 Å². The van der Waals surface area contributed by atoms with Crippen LogP contribution in [0, 0.1) is 5.41 Å². The number of thiazole rings is 1. The van der Waals surface area contributed by atoms with E-state index in [1.165, 1.54) is 0 Å². The Bertz CT molecular complexity index is 376. The minimum absolute atomic E-state index is 0.0464. The van der Waals surface area contributed by atoms with Crippen LogP contribution < -0.4 is 11.1 Å². The molecule has 1 rings (SSSR count). The van der Waals surface area contributed by atoms with Crippen LogP contribution in [-0.2, 0) is 4.79 Å². The Morgan fingerprint density at radius 2 is 2.26 bits per heavy atom. The minimum atomic E-state index is 0.0464. The predicted octanol–water partition coefficient (Wildman–Crippen LogP) is 2.87. The van der Waals surface area contributed by atoms with Crippen molar-refractivity contribution < 1.29 is 4.79 Å². The molecule has 0 aliphatic carbocycles. The van der Waals surface area contributed by atoms with E-state index < -0.39 is 0 Å². The molecule has 19 heavy (non-hydrogen) atoms. The standard InChI is InChI=1S/C14H25N3OS/c1-4-11(13-16-9-10-19-13)17-12(18)5-6-14(2,3)7-8-15/h9-11H,4-8,15H2,1-3H3,(H,17,18). The Hall–Kier alpha value is -0.940. The first kappa shape index (κ1) is 16.1. The summed E-state index contributed by atoms with van der Waals surface area (Å²) in [6.45, 7) is 7.05. The lowest BCUT2D eigenvalue weighted by atomic mass is 9.84. The van der Waals surface area contributed by atoms with Crippen LogP contribution in [0.5, 0.6) is 0 Å². The number of hydrogen-bond acceptors (Lipinski definition) is 4. The molecule has 0 aromatic carbocycles. The molecule has 5 heteroatoms. The summed E-state index contributed by atoms with van der Waals surface area (Å²) in [6, 6.07) is 0.0464. The summed E-state index contributed by atoms with van der Waals surface area (Å²) < 4.78 is 0. The second-order valence-electron chi connectivity index (χ2n) is 5.60. The van der Waals surface area contributed by atoms with Gasteiger partial charge in [0.05, 0.1) is 6.04 Å². The summed E-state index contributed by atoms with van der Waals surface area (Å²) in [6.07, 6.45) is 5.01. The lowest BCUT2D eigenvalue weighted by Gasteiger charge is -2.24. The first-order valence-corrected chi connectivity index (χ1v) is 7.75. The van der Waals surface area contributed by atoms with Gasteiger partial charge in [-0.15, -0.1) is 11.3 Å². The van der Waals surface area contributed by atoms with Gasteiger partial charge in [-0.1, -0.05) is 20.8 Å². The lowest BCUT2D eigenvalue weighted by Crippen LogP contribution is -2.29. The number of carbonyl (C=O) groups is 1. The molecule has 0 aliphatic rings. The SMILES string of the molecule is CCC(NC(=O)CCC(C)(C)CCN)c1nccs1. The summed E-state index contributed by atoms with van der Waals surface area (Å²) in [5.74, 6) is 0.104. The maximum Gasteiger partial charge on any atom is 0.220 e. The molecule has 0 spiro atoms. The summed E-state index contributed by atoms with van der Waals surface area (Å²) >= 11 is 1.59. The molecule has 0 aliphatic heterocycles. The van der Waals surface area contributed by atoms with Crippen LogP contribution in [0.4, 0.5) is 0 Å². The number of rotatable bonds is 8. The van der Waals surface area contributed by atoms with Gasteiger partial charge in [0.15, 0.2) is 0 Å². The van der Waals surface area contributed by atoms with Crippen LogP contribution in [-0.4, -0.2) is 17.4 Å². The molecule has 1 unspecified atom stereocenters. The summed E-state index contributed by atoms with van der Waals surface area (Å²) in [5.41, 5.74) is 5.71. The van der Waals surface area contributed by atoms with Gasteiger partial charge in [-0.3, -0.25) is 4.79 Å². The fourth-order valence-corrected chi connectivity index (χ4v) is 2.75. The van der Waals surface area contributed by atoms with E-state index in [2.05, 4.69) is 31.1 Å². The third-order valence-corrected chi connectivity index (χ3v) is 4.23. The third-order valence-electron chi connectivity index (χ3n) is 3.34. The second-order valence-corrected chi connectivity index (χ2v) is 6.53. The third kappa shape index (κ3) is 5.70. The highest BCUT2D eigenvalue weighted by molar-refractivity contribution is 7.09. The molecule has 3 N–H and O–H groups in total. The van der Waals surface area contributed by atoms with Gasteiger partial charge in [0, 0.05) is 18.0 Å². The van der Waals surface area contributed by atoms with Crippen molar-refractivity contribution >= 4 is 17.2 Å². The maximum absolute atomic E-state index is 12.0. The molecule has 0 radical (unpaired) electrons. The molecular weight excluding hydrogens is 258 g/mol. The highest BCUT2D eigenvalue weighted by Gasteiger charge is 2.20. The predicted molar refractivity (Wildman–Crippen MR) is 80.0 cm³/mol. The van der Waals surface area contributed by atoms with E-state index >= 15 is 0 Å². The van der Waals surface area contributed by atoms with Crippen LogP contribution >= 0.6 is 11.3 Å². The zero-order valence-electron chi connectivity index (χ0n) is 12.1. The van der Waals surface area contributed by atoms with Gasteiger partial charge in [0.1, 0.15) is 5.01 Å². The number of aromatic nitrogens is 1. The molecule has 0 bridgehead atoms. The first-order chi connectivity index (χ1) is 8.98. The number of amides is 1. The van der Waals surface area contributed by atoms with Crippen molar-refractivity contribution in [1.29, 1.82) is 0 Å². The van der Waals surface area contributed by atoms with E-state index in [0.717, 1.165) is 24.3 Å². The molecule has 0 fully saturated rings. The normalized spacial score (nSPS) is 13.3. The molecule has 0 saturated heterocycles. The quantitative estimate of drug-likeness (QED) is 0.771. The highest BCUT2D eigenvalue weighted by atomic mass is 32.1. The Morgan fingerprint density at radius 3 is 2.79 bits per heavy atom.